The summed E-state index contributed by atoms with van der Waals surface area (Å²) in [6, 6.07) is 2.99. The summed E-state index contributed by atoms with van der Waals surface area (Å²) in [5, 5.41) is 0. The highest BCUT2D eigenvalue weighted by molar-refractivity contribution is 7.86. The highest BCUT2D eigenvalue weighted by Crippen LogP contribution is 2.61. The lowest BCUT2D eigenvalue weighted by molar-refractivity contribution is -0.186. The quantitative estimate of drug-likeness (QED) is 0.231. The molecule has 0 amide bonds. The van der Waals surface area contributed by atoms with Gasteiger partial charge in [-0.1, -0.05) is 27.7 Å². The topological polar surface area (TPSA) is 133 Å². The average Bonchev–Trinajstić information content (AvgIpc) is 3.37. The van der Waals surface area contributed by atoms with Gasteiger partial charge in [-0.15, -0.1) is 0 Å². The van der Waals surface area contributed by atoms with E-state index in [9.17, 15) is 27.4 Å². The van der Waals surface area contributed by atoms with E-state index in [1.54, 1.807) is 27.7 Å². The first-order valence-electron chi connectivity index (χ1n) is 15.5. The van der Waals surface area contributed by atoms with E-state index in [-0.39, 0.29) is 59.1 Å². The van der Waals surface area contributed by atoms with Crippen molar-refractivity contribution in [1.82, 2.24) is 0 Å². The molecule has 7 rings (SSSR count). The van der Waals surface area contributed by atoms with E-state index < -0.39 is 33.7 Å². The van der Waals surface area contributed by atoms with Crippen molar-refractivity contribution in [2.45, 2.75) is 114 Å². The van der Waals surface area contributed by atoms with Gasteiger partial charge in [-0.3, -0.25) is 18.9 Å². The second kappa shape index (κ2) is 10.6. The third kappa shape index (κ3) is 5.38. The number of hydrogen-bond donors (Lipinski definition) is 1. The van der Waals surface area contributed by atoms with Gasteiger partial charge in [-0.05, 0) is 97.8 Å². The molecule has 1 heterocycles. The number of ether oxygens (including phenoxy) is 3. The van der Waals surface area contributed by atoms with Gasteiger partial charge in [0.1, 0.15) is 22.9 Å². The molecule has 0 aromatic heterocycles. The lowest BCUT2D eigenvalue weighted by Crippen LogP contribution is -2.52. The standard InChI is InChI=1S/C32H42O9S/c1-16(2)24-11-23(12-25(17(3)4)30(24)42(36,37)38)39-26(33)9-22-8-21-10-27(34)40-28(21)29(22)41-31(35)32-13-18-5-19(14-32)7-20(6-18)15-32/h11-12,16-22,28-29H,5-10,13-15H2,1-4H3,(H,36,37,38). The maximum atomic E-state index is 13.8. The molecule has 4 unspecified atom stereocenters. The third-order valence-corrected chi connectivity index (χ3v) is 11.5. The van der Waals surface area contributed by atoms with Crippen LogP contribution in [0, 0.1) is 35.0 Å². The molecule has 10 heteroatoms. The first-order chi connectivity index (χ1) is 19.7. The predicted octanol–water partition coefficient (Wildman–Crippen LogP) is 5.56. The Bertz CT molecular complexity index is 1330. The Morgan fingerprint density at radius 2 is 1.52 bits per heavy atom. The third-order valence-electron chi connectivity index (χ3n) is 10.6. The van der Waals surface area contributed by atoms with Crippen LogP contribution >= 0.6 is 0 Å². The predicted molar refractivity (Wildman–Crippen MR) is 151 cm³/mol. The molecule has 5 saturated carbocycles. The Morgan fingerprint density at radius 1 is 0.976 bits per heavy atom. The fraction of sp³-hybridized carbons (Fsp3) is 0.719. The van der Waals surface area contributed by atoms with Crippen LogP contribution in [-0.4, -0.2) is 43.1 Å². The molecular formula is C32H42O9S. The monoisotopic (exact) mass is 602 g/mol. The van der Waals surface area contributed by atoms with Crippen LogP contribution in [0.15, 0.2) is 17.0 Å². The number of esters is 3. The lowest BCUT2D eigenvalue weighted by atomic mass is 9.49. The van der Waals surface area contributed by atoms with Crippen LogP contribution in [0.5, 0.6) is 5.75 Å². The van der Waals surface area contributed by atoms with Gasteiger partial charge in [0.05, 0.1) is 18.3 Å². The van der Waals surface area contributed by atoms with Gasteiger partial charge in [-0.25, -0.2) is 0 Å². The van der Waals surface area contributed by atoms with Crippen LogP contribution in [0.25, 0.3) is 0 Å². The fourth-order valence-corrected chi connectivity index (χ4v) is 10.4. The van der Waals surface area contributed by atoms with Gasteiger partial charge < -0.3 is 14.2 Å². The van der Waals surface area contributed by atoms with Crippen molar-refractivity contribution in [2.75, 3.05) is 0 Å². The molecule has 6 fully saturated rings. The van der Waals surface area contributed by atoms with Crippen molar-refractivity contribution < 1.29 is 41.6 Å². The van der Waals surface area contributed by atoms with Gasteiger partial charge >= 0.3 is 17.9 Å². The van der Waals surface area contributed by atoms with Crippen LogP contribution in [0.4, 0.5) is 0 Å². The zero-order valence-electron chi connectivity index (χ0n) is 24.8. The van der Waals surface area contributed by atoms with Crippen molar-refractivity contribution in [2.24, 2.45) is 35.0 Å². The SMILES string of the molecule is CC(C)c1cc(OC(=O)CC2CC3CC(=O)OC3C2OC(=O)C23CC4CC(CC(C4)C2)C3)cc(C(C)C)c1S(=O)(=O)O. The molecule has 9 nitrogen and oxygen atoms in total. The number of benzene rings is 1. The maximum Gasteiger partial charge on any atom is 0.312 e. The highest BCUT2D eigenvalue weighted by Gasteiger charge is 2.58. The molecule has 1 aromatic rings. The molecule has 1 N–H and O–H groups in total. The molecule has 1 aromatic carbocycles. The average molecular weight is 603 g/mol. The summed E-state index contributed by atoms with van der Waals surface area (Å²) in [5.74, 6) is -0.0796. The molecule has 1 saturated heterocycles. The molecule has 0 spiro atoms. The normalized spacial score (nSPS) is 35.0. The molecule has 0 radical (unpaired) electrons. The van der Waals surface area contributed by atoms with Crippen molar-refractivity contribution in [1.29, 1.82) is 0 Å². The van der Waals surface area contributed by atoms with E-state index in [2.05, 4.69) is 0 Å². The Labute approximate surface area is 247 Å². The van der Waals surface area contributed by atoms with E-state index in [1.807, 2.05) is 0 Å². The molecule has 42 heavy (non-hydrogen) atoms. The van der Waals surface area contributed by atoms with Gasteiger partial charge in [0.2, 0.25) is 0 Å². The van der Waals surface area contributed by atoms with E-state index >= 15 is 0 Å². The lowest BCUT2D eigenvalue weighted by Gasteiger charge is -2.55. The molecule has 6 aliphatic rings. The molecular weight excluding hydrogens is 560 g/mol. The van der Waals surface area contributed by atoms with Gasteiger partial charge in [0, 0.05) is 11.8 Å². The highest BCUT2D eigenvalue weighted by atomic mass is 32.2. The summed E-state index contributed by atoms with van der Waals surface area (Å²) < 4.78 is 52.1. The van der Waals surface area contributed by atoms with E-state index in [0.29, 0.717) is 35.3 Å². The van der Waals surface area contributed by atoms with Crippen molar-refractivity contribution in [3.8, 4) is 5.75 Å². The Morgan fingerprint density at radius 3 is 2.02 bits per heavy atom. The van der Waals surface area contributed by atoms with Gasteiger partial charge in [0.15, 0.2) is 0 Å². The zero-order chi connectivity index (χ0) is 30.1. The molecule has 4 atom stereocenters. The van der Waals surface area contributed by atoms with Gasteiger partial charge in [-0.2, -0.15) is 8.42 Å². The van der Waals surface area contributed by atoms with Crippen molar-refractivity contribution in [3.63, 3.8) is 0 Å². The smallest absolute Gasteiger partial charge is 0.312 e. The minimum atomic E-state index is -4.50. The summed E-state index contributed by atoms with van der Waals surface area (Å²) >= 11 is 0. The van der Waals surface area contributed by atoms with Crippen LogP contribution < -0.4 is 4.74 Å². The molecule has 1 aliphatic heterocycles. The molecule has 4 bridgehead atoms. The first-order valence-corrected chi connectivity index (χ1v) is 16.9. The minimum absolute atomic E-state index is 0.0303. The number of rotatable bonds is 8. The summed E-state index contributed by atoms with van der Waals surface area (Å²) in [7, 11) is -4.50. The second-order valence-electron chi connectivity index (χ2n) is 14.4. The number of carbonyl (C=O) groups is 3. The van der Waals surface area contributed by atoms with Crippen LogP contribution in [0.1, 0.15) is 108 Å². The van der Waals surface area contributed by atoms with E-state index in [1.165, 1.54) is 31.4 Å². The summed E-state index contributed by atoms with van der Waals surface area (Å²) in [6.07, 6.45) is 5.67. The Kier molecular flexibility index (Phi) is 7.48. The number of fused-ring (bicyclic) bond motifs is 1. The Balaban J connectivity index is 1.21. The zero-order valence-corrected chi connectivity index (χ0v) is 25.7. The summed E-state index contributed by atoms with van der Waals surface area (Å²) in [4.78, 5) is 39.1. The molecule has 230 valence electrons. The Hall–Kier alpha value is -2.46. The first kappa shape index (κ1) is 29.6. The van der Waals surface area contributed by atoms with Gasteiger partial charge in [0.25, 0.3) is 10.1 Å². The fourth-order valence-electron chi connectivity index (χ4n) is 9.19. The summed E-state index contributed by atoms with van der Waals surface area (Å²) in [6.45, 7) is 7.23. The van der Waals surface area contributed by atoms with E-state index in [0.717, 1.165) is 19.3 Å². The largest absolute Gasteiger partial charge is 0.458 e. The second-order valence-corrected chi connectivity index (χ2v) is 15.7. The van der Waals surface area contributed by atoms with Crippen LogP contribution in [0.3, 0.4) is 0 Å². The molecule has 5 aliphatic carbocycles. The van der Waals surface area contributed by atoms with Crippen molar-refractivity contribution >= 4 is 28.0 Å². The van der Waals surface area contributed by atoms with Crippen molar-refractivity contribution in [3.05, 3.63) is 23.3 Å². The van der Waals surface area contributed by atoms with Crippen LogP contribution in [-0.2, 0) is 34.0 Å². The summed E-state index contributed by atoms with van der Waals surface area (Å²) in [5.41, 5.74) is 0.280. The minimum Gasteiger partial charge on any atom is -0.458 e. The van der Waals surface area contributed by atoms with Crippen LogP contribution in [0.2, 0.25) is 0 Å². The number of carbonyl (C=O) groups excluding carboxylic acids is 3. The maximum absolute atomic E-state index is 13.8. The number of hydrogen-bond acceptors (Lipinski definition) is 8. The van der Waals surface area contributed by atoms with E-state index in [4.69, 9.17) is 14.2 Å².